The number of nitrogens with zero attached hydrogens (tertiary/aromatic N) is 3. The molecule has 0 bridgehead atoms. The number of fused-ring (bicyclic) bond motifs is 1. The van der Waals surface area contributed by atoms with E-state index < -0.39 is 5.92 Å². The molecule has 1 amide bonds. The number of oxazole rings is 1. The van der Waals surface area contributed by atoms with Gasteiger partial charge in [0.1, 0.15) is 5.52 Å². The van der Waals surface area contributed by atoms with Gasteiger partial charge >= 0.3 is 0 Å². The number of alkyl halides is 2. The summed E-state index contributed by atoms with van der Waals surface area (Å²) in [6.45, 7) is 1.94. The summed E-state index contributed by atoms with van der Waals surface area (Å²) >= 11 is 0. The number of hydrogen-bond donors (Lipinski definition) is 0. The van der Waals surface area contributed by atoms with Crippen LogP contribution in [0.25, 0.3) is 11.1 Å². The van der Waals surface area contributed by atoms with E-state index in [1.165, 1.54) is 0 Å². The van der Waals surface area contributed by atoms with Crippen LogP contribution >= 0.6 is 0 Å². The zero-order chi connectivity index (χ0) is 18.1. The number of aromatic nitrogens is 1. The van der Waals surface area contributed by atoms with Gasteiger partial charge < -0.3 is 14.2 Å². The first-order chi connectivity index (χ1) is 12.5. The molecule has 0 atom stereocenters. The maximum atomic E-state index is 13.2. The highest BCUT2D eigenvalue weighted by Crippen LogP contribution is 2.30. The van der Waals surface area contributed by atoms with Gasteiger partial charge in [0, 0.05) is 45.4 Å². The molecule has 2 aliphatic rings. The van der Waals surface area contributed by atoms with Crippen molar-refractivity contribution in [3.8, 4) is 0 Å². The highest BCUT2D eigenvalue weighted by atomic mass is 19.3. The second-order valence-electron chi connectivity index (χ2n) is 7.34. The van der Waals surface area contributed by atoms with Crippen molar-refractivity contribution >= 4 is 23.0 Å². The monoisotopic (exact) mass is 363 g/mol. The zero-order valence-electron chi connectivity index (χ0n) is 14.7. The first kappa shape index (κ1) is 17.2. The van der Waals surface area contributed by atoms with Gasteiger partial charge in [-0.15, -0.1) is 0 Å². The third kappa shape index (κ3) is 3.66. The number of amides is 1. The number of benzene rings is 1. The Bertz CT molecular complexity index is 741. The van der Waals surface area contributed by atoms with E-state index in [1.54, 1.807) is 4.90 Å². The molecule has 2 aliphatic heterocycles. The molecule has 0 radical (unpaired) electrons. The van der Waals surface area contributed by atoms with Crippen LogP contribution in [-0.4, -0.2) is 47.9 Å². The number of halogens is 2. The Labute approximate surface area is 151 Å². The van der Waals surface area contributed by atoms with Crippen LogP contribution in [0.3, 0.4) is 0 Å². The second kappa shape index (κ2) is 6.85. The molecule has 1 aromatic carbocycles. The Hall–Kier alpha value is -2.18. The molecule has 2 fully saturated rings. The van der Waals surface area contributed by atoms with Gasteiger partial charge in [-0.2, -0.15) is 4.98 Å². The largest absolute Gasteiger partial charge is 0.423 e. The average molecular weight is 363 g/mol. The minimum Gasteiger partial charge on any atom is -0.423 e. The van der Waals surface area contributed by atoms with E-state index in [0.717, 1.165) is 37.0 Å². The molecular weight excluding hydrogens is 340 g/mol. The Morgan fingerprint density at radius 3 is 2.54 bits per heavy atom. The van der Waals surface area contributed by atoms with Crippen molar-refractivity contribution in [2.24, 2.45) is 5.92 Å². The van der Waals surface area contributed by atoms with Crippen LogP contribution in [0.2, 0.25) is 0 Å². The van der Waals surface area contributed by atoms with Crippen molar-refractivity contribution in [3.63, 3.8) is 0 Å². The van der Waals surface area contributed by atoms with Crippen molar-refractivity contribution in [1.82, 2.24) is 9.88 Å². The molecule has 4 rings (SSSR count). The van der Waals surface area contributed by atoms with Gasteiger partial charge in [-0.25, -0.2) is 8.78 Å². The summed E-state index contributed by atoms with van der Waals surface area (Å²) in [5.74, 6) is -2.30. The van der Waals surface area contributed by atoms with Crippen LogP contribution in [-0.2, 0) is 4.79 Å². The molecule has 2 saturated heterocycles. The van der Waals surface area contributed by atoms with E-state index in [0.29, 0.717) is 18.4 Å². The van der Waals surface area contributed by atoms with Crippen LogP contribution < -0.4 is 4.90 Å². The lowest BCUT2D eigenvalue weighted by molar-refractivity contribution is -0.138. The second-order valence-corrected chi connectivity index (χ2v) is 7.34. The van der Waals surface area contributed by atoms with Crippen molar-refractivity contribution in [2.45, 2.75) is 38.0 Å². The van der Waals surface area contributed by atoms with E-state index in [1.807, 2.05) is 24.3 Å². The van der Waals surface area contributed by atoms with Crippen LogP contribution in [0, 0.1) is 5.92 Å². The predicted octanol–water partition coefficient (Wildman–Crippen LogP) is 3.69. The molecule has 0 N–H and O–H groups in total. The standard InChI is InChI=1S/C19H23F2N3O2/c20-19(21)7-11-23(12-8-19)17(25)13-14-5-9-24(10-6-14)18-22-15-3-1-2-4-16(15)26-18/h1-4,14H,5-13H2. The number of para-hydroxylation sites is 2. The molecule has 1 aromatic heterocycles. The van der Waals surface area contributed by atoms with Crippen molar-refractivity contribution in [3.05, 3.63) is 24.3 Å². The highest BCUT2D eigenvalue weighted by molar-refractivity contribution is 5.76. The molecular formula is C19H23F2N3O2. The van der Waals surface area contributed by atoms with Gasteiger partial charge in [0.05, 0.1) is 0 Å². The summed E-state index contributed by atoms with van der Waals surface area (Å²) in [7, 11) is 0. The summed E-state index contributed by atoms with van der Waals surface area (Å²) < 4.78 is 32.3. The topological polar surface area (TPSA) is 49.6 Å². The lowest BCUT2D eigenvalue weighted by Crippen LogP contribution is -2.44. The quantitative estimate of drug-likeness (QED) is 0.835. The lowest BCUT2D eigenvalue weighted by Gasteiger charge is -2.34. The summed E-state index contributed by atoms with van der Waals surface area (Å²) in [6.07, 6.45) is 1.79. The minimum atomic E-state index is -2.61. The van der Waals surface area contributed by atoms with E-state index in [9.17, 15) is 13.6 Å². The van der Waals surface area contributed by atoms with Gasteiger partial charge in [0.25, 0.3) is 11.9 Å². The van der Waals surface area contributed by atoms with Crippen molar-refractivity contribution in [1.29, 1.82) is 0 Å². The molecule has 26 heavy (non-hydrogen) atoms. The number of hydrogen-bond acceptors (Lipinski definition) is 4. The van der Waals surface area contributed by atoms with Crippen LogP contribution in [0.15, 0.2) is 28.7 Å². The molecule has 3 heterocycles. The molecule has 0 unspecified atom stereocenters. The van der Waals surface area contributed by atoms with Gasteiger partial charge in [0.2, 0.25) is 5.91 Å². The maximum absolute atomic E-state index is 13.2. The smallest absolute Gasteiger partial charge is 0.298 e. The molecule has 0 aliphatic carbocycles. The summed E-state index contributed by atoms with van der Waals surface area (Å²) in [4.78, 5) is 20.6. The summed E-state index contributed by atoms with van der Waals surface area (Å²) in [5, 5.41) is 0. The molecule has 7 heteroatoms. The zero-order valence-corrected chi connectivity index (χ0v) is 14.7. The molecule has 5 nitrogen and oxygen atoms in total. The van der Waals surface area contributed by atoms with Crippen molar-refractivity contribution < 1.29 is 18.0 Å². The number of likely N-dealkylation sites (tertiary alicyclic amines) is 1. The number of carbonyl (C=O) groups is 1. The highest BCUT2D eigenvalue weighted by Gasteiger charge is 2.36. The SMILES string of the molecule is O=C(CC1CCN(c2nc3ccccc3o2)CC1)N1CCC(F)(F)CC1. The van der Waals surface area contributed by atoms with E-state index >= 15 is 0 Å². The third-order valence-corrected chi connectivity index (χ3v) is 5.48. The number of piperidine rings is 2. The Morgan fingerprint density at radius 1 is 1.15 bits per heavy atom. The number of rotatable bonds is 3. The fraction of sp³-hybridized carbons (Fsp3) is 0.579. The van der Waals surface area contributed by atoms with Crippen LogP contribution in [0.5, 0.6) is 0 Å². The fourth-order valence-electron chi connectivity index (χ4n) is 3.78. The van der Waals surface area contributed by atoms with Crippen LogP contribution in [0.4, 0.5) is 14.8 Å². The number of anilines is 1. The fourth-order valence-corrected chi connectivity index (χ4v) is 3.78. The Kier molecular flexibility index (Phi) is 4.54. The predicted molar refractivity (Wildman–Crippen MR) is 94.3 cm³/mol. The average Bonchev–Trinajstić information content (AvgIpc) is 3.06. The first-order valence-corrected chi connectivity index (χ1v) is 9.26. The maximum Gasteiger partial charge on any atom is 0.298 e. The first-order valence-electron chi connectivity index (χ1n) is 9.26. The number of carbonyl (C=O) groups excluding carboxylic acids is 1. The third-order valence-electron chi connectivity index (χ3n) is 5.48. The Morgan fingerprint density at radius 2 is 1.85 bits per heavy atom. The minimum absolute atomic E-state index is 0.0146. The normalized spacial score (nSPS) is 21.3. The van der Waals surface area contributed by atoms with Crippen molar-refractivity contribution in [2.75, 3.05) is 31.1 Å². The molecule has 0 spiro atoms. The van der Waals surface area contributed by atoms with Gasteiger partial charge in [-0.05, 0) is 30.9 Å². The molecule has 0 saturated carbocycles. The van der Waals surface area contributed by atoms with Gasteiger partial charge in [-0.1, -0.05) is 12.1 Å². The Balaban J connectivity index is 1.29. The summed E-state index contributed by atoms with van der Waals surface area (Å²) in [5.41, 5.74) is 1.63. The lowest BCUT2D eigenvalue weighted by atomic mass is 9.92. The van der Waals surface area contributed by atoms with Gasteiger partial charge in [-0.3, -0.25) is 4.79 Å². The summed E-state index contributed by atoms with van der Waals surface area (Å²) in [6, 6.07) is 8.32. The molecule has 2 aromatic rings. The molecule has 140 valence electrons. The van der Waals surface area contributed by atoms with Gasteiger partial charge in [0.15, 0.2) is 5.58 Å². The van der Waals surface area contributed by atoms with E-state index in [2.05, 4.69) is 9.88 Å². The van der Waals surface area contributed by atoms with E-state index in [-0.39, 0.29) is 31.8 Å². The van der Waals surface area contributed by atoms with Crippen LogP contribution in [0.1, 0.15) is 32.1 Å². The van der Waals surface area contributed by atoms with E-state index in [4.69, 9.17) is 4.42 Å².